The Morgan fingerprint density at radius 3 is 3.08 bits per heavy atom. The molecule has 0 aromatic carbocycles. The monoisotopic (exact) mass is 244 g/mol. The topological polar surface area (TPSA) is 43.4 Å². The molecule has 3 aliphatic rings. The second kappa shape index (κ2) is 2.67. The van der Waals surface area contributed by atoms with Gasteiger partial charge in [0.15, 0.2) is 0 Å². The zero-order chi connectivity index (χ0) is 9.64. The smallest absolute Gasteiger partial charge is 0.317 e. The Morgan fingerprint density at radius 1 is 1.77 bits per heavy atom. The van der Waals surface area contributed by atoms with Crippen LogP contribution in [0.3, 0.4) is 0 Å². The number of ether oxygens (including phenoxy) is 1. The number of esters is 1. The third kappa shape index (κ3) is 1.08. The maximum atomic E-state index is 11.4. The molecule has 0 unspecified atom stereocenters. The Kier molecular flexibility index (Phi) is 1.84. The lowest BCUT2D eigenvalue weighted by Crippen LogP contribution is -2.49. The summed E-state index contributed by atoms with van der Waals surface area (Å²) >= 11 is 3.33. The molecule has 1 fully saturated rings. The molecule has 0 saturated carbocycles. The van der Waals surface area contributed by atoms with Gasteiger partial charge in [-0.15, -0.1) is 0 Å². The van der Waals surface area contributed by atoms with Gasteiger partial charge < -0.3 is 9.53 Å². The Balaban J connectivity index is 2.48. The average molecular weight is 245 g/mol. The molecular formula is C9H9BrO3. The van der Waals surface area contributed by atoms with E-state index in [4.69, 9.17) is 4.74 Å². The van der Waals surface area contributed by atoms with E-state index in [0.717, 1.165) is 10.8 Å². The first-order valence-corrected chi connectivity index (χ1v) is 4.92. The van der Waals surface area contributed by atoms with Crippen LogP contribution in [0.2, 0.25) is 0 Å². The molecule has 1 aliphatic carbocycles. The maximum Gasteiger partial charge on any atom is 0.317 e. The van der Waals surface area contributed by atoms with E-state index >= 15 is 0 Å². The van der Waals surface area contributed by atoms with E-state index in [-0.39, 0.29) is 18.0 Å². The van der Waals surface area contributed by atoms with Gasteiger partial charge in [-0.05, 0) is 13.3 Å². The number of fused-ring (bicyclic) bond motifs is 2. The fraction of sp³-hybridized carbons (Fsp3) is 0.556. The number of halogens is 1. The summed E-state index contributed by atoms with van der Waals surface area (Å²) in [6.07, 6.45) is 3.00. The highest BCUT2D eigenvalue weighted by atomic mass is 79.9. The summed E-state index contributed by atoms with van der Waals surface area (Å²) in [6, 6.07) is 0. The minimum Gasteiger partial charge on any atom is -0.456 e. The van der Waals surface area contributed by atoms with Gasteiger partial charge in [0.2, 0.25) is 0 Å². The molecule has 13 heavy (non-hydrogen) atoms. The summed E-state index contributed by atoms with van der Waals surface area (Å²) in [5.74, 6) is -0.524. The fourth-order valence-electron chi connectivity index (χ4n) is 1.84. The Hall–Kier alpha value is -0.640. The van der Waals surface area contributed by atoms with Crippen molar-refractivity contribution in [3.63, 3.8) is 0 Å². The molecule has 4 heteroatoms. The van der Waals surface area contributed by atoms with Crippen molar-refractivity contribution in [1.82, 2.24) is 0 Å². The third-order valence-electron chi connectivity index (χ3n) is 2.84. The first-order valence-electron chi connectivity index (χ1n) is 4.12. The van der Waals surface area contributed by atoms with Crippen LogP contribution < -0.4 is 0 Å². The van der Waals surface area contributed by atoms with Gasteiger partial charge in [0.25, 0.3) is 0 Å². The lowest BCUT2D eigenvalue weighted by molar-refractivity contribution is -0.171. The van der Waals surface area contributed by atoms with Crippen LogP contribution in [0, 0.1) is 11.3 Å². The van der Waals surface area contributed by atoms with Crippen molar-refractivity contribution in [2.24, 2.45) is 11.3 Å². The van der Waals surface area contributed by atoms with Crippen molar-refractivity contribution in [2.45, 2.75) is 19.4 Å². The first-order chi connectivity index (χ1) is 6.08. The van der Waals surface area contributed by atoms with Gasteiger partial charge in [-0.3, -0.25) is 4.79 Å². The molecule has 1 saturated heterocycles. The molecule has 3 atom stereocenters. The molecule has 2 heterocycles. The van der Waals surface area contributed by atoms with Crippen molar-refractivity contribution in [3.8, 4) is 0 Å². The fourth-order valence-corrected chi connectivity index (χ4v) is 2.60. The van der Waals surface area contributed by atoms with Crippen LogP contribution in [-0.4, -0.2) is 18.4 Å². The summed E-state index contributed by atoms with van der Waals surface area (Å²) in [6.45, 7) is 1.74. The first kappa shape index (κ1) is 8.94. The molecule has 0 spiro atoms. The van der Waals surface area contributed by atoms with E-state index in [0.29, 0.717) is 6.42 Å². The molecule has 3 nitrogen and oxygen atoms in total. The highest BCUT2D eigenvalue weighted by molar-refractivity contribution is 9.11. The molecule has 2 bridgehead atoms. The molecule has 3 rings (SSSR count). The number of rotatable bonds is 1. The highest BCUT2D eigenvalue weighted by Crippen LogP contribution is 2.47. The van der Waals surface area contributed by atoms with Crippen LogP contribution in [0.1, 0.15) is 13.3 Å². The van der Waals surface area contributed by atoms with Crippen LogP contribution in [0.15, 0.2) is 10.6 Å². The second-order valence-corrected chi connectivity index (χ2v) is 4.60. The van der Waals surface area contributed by atoms with Crippen LogP contribution in [0.25, 0.3) is 0 Å². The molecule has 0 amide bonds. The second-order valence-electron chi connectivity index (χ2n) is 3.68. The summed E-state index contributed by atoms with van der Waals surface area (Å²) in [5, 5.41) is 0. The van der Waals surface area contributed by atoms with Crippen LogP contribution >= 0.6 is 15.9 Å². The average Bonchev–Trinajstić information content (AvgIpc) is 2.07. The van der Waals surface area contributed by atoms with Gasteiger partial charge in [0.1, 0.15) is 12.4 Å². The predicted octanol–water partition coefficient (Wildman–Crippen LogP) is 1.42. The molecule has 0 aromatic rings. The van der Waals surface area contributed by atoms with Gasteiger partial charge >= 0.3 is 5.97 Å². The quantitative estimate of drug-likeness (QED) is 0.518. The van der Waals surface area contributed by atoms with Gasteiger partial charge in [0.05, 0.1) is 5.41 Å². The van der Waals surface area contributed by atoms with E-state index in [1.807, 2.05) is 0 Å². The molecular weight excluding hydrogens is 236 g/mol. The van der Waals surface area contributed by atoms with E-state index in [2.05, 4.69) is 15.9 Å². The predicted molar refractivity (Wildman–Crippen MR) is 49.2 cm³/mol. The van der Waals surface area contributed by atoms with Crippen molar-refractivity contribution in [1.29, 1.82) is 0 Å². The standard InChI is InChI=1S/C9H9BrO3/c1-9-3-6(10)7(13-8(9)12)2-5(9)4-11/h3-5,7H,2H2,1H3/t5-,7+,9+/m0/s1. The zero-order valence-corrected chi connectivity index (χ0v) is 8.71. The zero-order valence-electron chi connectivity index (χ0n) is 7.12. The van der Waals surface area contributed by atoms with Crippen molar-refractivity contribution in [2.75, 3.05) is 0 Å². The SMILES string of the molecule is C[C@@]12C=C(Br)[C@@H](C[C@H]1C=O)OC2=O. The Bertz CT molecular complexity index is 310. The normalized spacial score (nSPS) is 42.6. The largest absolute Gasteiger partial charge is 0.456 e. The molecule has 0 radical (unpaired) electrons. The van der Waals surface area contributed by atoms with Crippen LogP contribution in [-0.2, 0) is 14.3 Å². The van der Waals surface area contributed by atoms with Crippen molar-refractivity contribution >= 4 is 28.2 Å². The Labute approximate surface area is 84.3 Å². The van der Waals surface area contributed by atoms with Gasteiger partial charge in [-0.1, -0.05) is 22.0 Å². The Morgan fingerprint density at radius 2 is 2.46 bits per heavy atom. The van der Waals surface area contributed by atoms with Gasteiger partial charge in [-0.25, -0.2) is 0 Å². The number of hydrogen-bond donors (Lipinski definition) is 0. The van der Waals surface area contributed by atoms with E-state index in [1.165, 1.54) is 0 Å². The van der Waals surface area contributed by atoms with E-state index in [9.17, 15) is 9.59 Å². The summed E-state index contributed by atoms with van der Waals surface area (Å²) in [4.78, 5) is 22.2. The van der Waals surface area contributed by atoms with E-state index < -0.39 is 5.41 Å². The molecule has 0 N–H and O–H groups in total. The van der Waals surface area contributed by atoms with E-state index in [1.54, 1.807) is 13.0 Å². The third-order valence-corrected chi connectivity index (χ3v) is 3.58. The number of hydrogen-bond acceptors (Lipinski definition) is 3. The highest BCUT2D eigenvalue weighted by Gasteiger charge is 2.51. The van der Waals surface area contributed by atoms with Gasteiger partial charge in [-0.2, -0.15) is 0 Å². The number of carbonyl (C=O) groups is 2. The maximum absolute atomic E-state index is 11.4. The van der Waals surface area contributed by atoms with Crippen LogP contribution in [0.5, 0.6) is 0 Å². The summed E-state index contributed by atoms with van der Waals surface area (Å²) in [7, 11) is 0. The summed E-state index contributed by atoms with van der Waals surface area (Å²) < 4.78 is 6.00. The molecule has 0 aromatic heterocycles. The lowest BCUT2D eigenvalue weighted by atomic mass is 9.69. The molecule has 70 valence electrons. The van der Waals surface area contributed by atoms with Crippen molar-refractivity contribution in [3.05, 3.63) is 10.6 Å². The van der Waals surface area contributed by atoms with Gasteiger partial charge in [0, 0.05) is 10.4 Å². The van der Waals surface area contributed by atoms with Crippen LogP contribution in [0.4, 0.5) is 0 Å². The van der Waals surface area contributed by atoms with Crippen molar-refractivity contribution < 1.29 is 14.3 Å². The lowest BCUT2D eigenvalue weighted by Gasteiger charge is -2.43. The summed E-state index contributed by atoms with van der Waals surface area (Å²) in [5.41, 5.74) is -0.755. The number of aldehydes is 1. The minimum absolute atomic E-state index is 0.236. The molecule has 2 aliphatic heterocycles. The number of carbonyl (C=O) groups excluding carboxylic acids is 2. The minimum atomic E-state index is -0.755.